The SMILES string of the molecule is CNC(C(=O)N1CCN(S(N)(=O)=O)CC1)c1cnn(C)c1.Cl. The van der Waals surface area contributed by atoms with Gasteiger partial charge in [0, 0.05) is 45.0 Å². The minimum Gasteiger partial charge on any atom is -0.338 e. The number of amides is 1. The Morgan fingerprint density at radius 1 is 1.36 bits per heavy atom. The Hall–Kier alpha value is -1.20. The van der Waals surface area contributed by atoms with Crippen LogP contribution in [0, 0.1) is 0 Å². The monoisotopic (exact) mass is 352 g/mol. The molecule has 1 fully saturated rings. The van der Waals surface area contributed by atoms with Gasteiger partial charge in [0.15, 0.2) is 0 Å². The van der Waals surface area contributed by atoms with Crippen molar-refractivity contribution < 1.29 is 13.2 Å². The molecule has 2 heterocycles. The molecule has 0 saturated carbocycles. The minimum atomic E-state index is -3.68. The standard InChI is InChI=1S/C11H20N6O3S.ClH/c1-13-10(9-7-14-15(2)8-9)11(18)16-3-5-17(6-4-16)21(12,19)20;/h7-8,10,13H,3-6H2,1-2H3,(H2,12,19,20);1H. The van der Waals surface area contributed by atoms with E-state index in [-0.39, 0.29) is 31.4 Å². The number of halogens is 1. The van der Waals surface area contributed by atoms with Gasteiger partial charge in [-0.15, -0.1) is 12.4 Å². The molecule has 1 unspecified atom stereocenters. The van der Waals surface area contributed by atoms with Crippen LogP contribution in [-0.4, -0.2) is 66.5 Å². The van der Waals surface area contributed by atoms with Gasteiger partial charge in [0.2, 0.25) is 5.91 Å². The lowest BCUT2D eigenvalue weighted by molar-refractivity contribution is -0.134. The van der Waals surface area contributed by atoms with Crippen molar-refractivity contribution in [3.63, 3.8) is 0 Å². The summed E-state index contributed by atoms with van der Waals surface area (Å²) in [6.07, 6.45) is 3.42. The maximum absolute atomic E-state index is 12.5. The minimum absolute atomic E-state index is 0. The van der Waals surface area contributed by atoms with Crippen LogP contribution in [0.25, 0.3) is 0 Å². The molecule has 3 N–H and O–H groups in total. The Kier molecular flexibility index (Phi) is 6.32. The molecule has 0 aliphatic carbocycles. The van der Waals surface area contributed by atoms with Crippen molar-refractivity contribution in [3.05, 3.63) is 18.0 Å². The van der Waals surface area contributed by atoms with Gasteiger partial charge in [-0.2, -0.15) is 17.8 Å². The quantitative estimate of drug-likeness (QED) is 0.681. The second-order valence-corrected chi connectivity index (χ2v) is 6.48. The van der Waals surface area contributed by atoms with Crippen LogP contribution in [0.2, 0.25) is 0 Å². The lowest BCUT2D eigenvalue weighted by Gasteiger charge is -2.34. The Balaban J connectivity index is 0.00000242. The highest BCUT2D eigenvalue weighted by molar-refractivity contribution is 7.86. The Bertz CT molecular complexity index is 611. The normalized spacial score (nSPS) is 17.9. The van der Waals surface area contributed by atoms with Crippen LogP contribution >= 0.6 is 12.4 Å². The van der Waals surface area contributed by atoms with Gasteiger partial charge in [0.05, 0.1) is 6.20 Å². The van der Waals surface area contributed by atoms with Crippen LogP contribution in [0.4, 0.5) is 0 Å². The van der Waals surface area contributed by atoms with E-state index in [9.17, 15) is 13.2 Å². The lowest BCUT2D eigenvalue weighted by atomic mass is 10.1. The molecule has 2 rings (SSSR count). The smallest absolute Gasteiger partial charge is 0.277 e. The van der Waals surface area contributed by atoms with Crippen molar-refractivity contribution in [3.8, 4) is 0 Å². The van der Waals surface area contributed by atoms with Crippen molar-refractivity contribution in [1.29, 1.82) is 0 Å². The summed E-state index contributed by atoms with van der Waals surface area (Å²) in [6, 6.07) is -0.486. The number of hydrogen-bond donors (Lipinski definition) is 2. The number of rotatable bonds is 4. The van der Waals surface area contributed by atoms with Gasteiger partial charge in [0.1, 0.15) is 6.04 Å². The number of nitrogens with two attached hydrogens (primary N) is 1. The molecule has 126 valence electrons. The molecule has 9 nitrogen and oxygen atoms in total. The van der Waals surface area contributed by atoms with Crippen molar-refractivity contribution in [1.82, 2.24) is 24.3 Å². The van der Waals surface area contributed by atoms with Gasteiger partial charge >= 0.3 is 0 Å². The number of piperazine rings is 1. The molecule has 1 atom stereocenters. The third-order valence-corrected chi connectivity index (χ3v) is 4.59. The fraction of sp³-hybridized carbons (Fsp3) is 0.636. The summed E-state index contributed by atoms with van der Waals surface area (Å²) in [7, 11) is -0.195. The molecule has 1 aliphatic rings. The number of aryl methyl sites for hydroxylation is 1. The van der Waals surface area contributed by atoms with E-state index in [0.29, 0.717) is 13.1 Å². The van der Waals surface area contributed by atoms with Gasteiger partial charge in [0.25, 0.3) is 10.2 Å². The predicted molar refractivity (Wildman–Crippen MR) is 83.5 cm³/mol. The second kappa shape index (κ2) is 7.38. The molecule has 1 aromatic heterocycles. The number of hydrogen-bond acceptors (Lipinski definition) is 5. The topological polar surface area (TPSA) is 114 Å². The summed E-state index contributed by atoms with van der Waals surface area (Å²) in [5.41, 5.74) is 0.777. The molecule has 0 aromatic carbocycles. The number of carbonyl (C=O) groups is 1. The summed E-state index contributed by atoms with van der Waals surface area (Å²) in [4.78, 5) is 14.2. The molecule has 1 aliphatic heterocycles. The maximum Gasteiger partial charge on any atom is 0.277 e. The predicted octanol–water partition coefficient (Wildman–Crippen LogP) is -1.55. The average Bonchev–Trinajstić information content (AvgIpc) is 2.85. The number of nitrogens with one attached hydrogen (secondary N) is 1. The van der Waals surface area contributed by atoms with Crippen molar-refractivity contribution in [2.24, 2.45) is 12.2 Å². The van der Waals surface area contributed by atoms with Gasteiger partial charge in [-0.3, -0.25) is 9.48 Å². The third kappa shape index (κ3) is 4.17. The zero-order valence-electron chi connectivity index (χ0n) is 12.5. The van der Waals surface area contributed by atoms with Crippen LogP contribution in [-0.2, 0) is 22.1 Å². The van der Waals surface area contributed by atoms with Crippen LogP contribution in [0.1, 0.15) is 11.6 Å². The summed E-state index contributed by atoms with van der Waals surface area (Å²) in [5.74, 6) is -0.0976. The van der Waals surface area contributed by atoms with Crippen LogP contribution in [0.5, 0.6) is 0 Å². The number of carbonyl (C=O) groups excluding carboxylic acids is 1. The third-order valence-electron chi connectivity index (χ3n) is 3.50. The zero-order chi connectivity index (χ0) is 15.6. The Morgan fingerprint density at radius 2 is 1.95 bits per heavy atom. The number of likely N-dealkylation sites (N-methyl/N-ethyl adjacent to an activating group) is 1. The fourth-order valence-corrected chi connectivity index (χ4v) is 3.04. The zero-order valence-corrected chi connectivity index (χ0v) is 14.1. The summed E-state index contributed by atoms with van der Waals surface area (Å²) in [5, 5.41) is 12.1. The van der Waals surface area contributed by atoms with Crippen molar-refractivity contribution in [2.75, 3.05) is 33.2 Å². The highest BCUT2D eigenvalue weighted by Crippen LogP contribution is 2.16. The van der Waals surface area contributed by atoms with Gasteiger partial charge in [-0.05, 0) is 7.05 Å². The van der Waals surface area contributed by atoms with E-state index in [2.05, 4.69) is 10.4 Å². The van der Waals surface area contributed by atoms with Gasteiger partial charge < -0.3 is 10.2 Å². The first-order valence-electron chi connectivity index (χ1n) is 6.55. The molecule has 1 saturated heterocycles. The molecular formula is C11H21ClN6O3S. The van der Waals surface area contributed by atoms with Crippen molar-refractivity contribution >= 4 is 28.5 Å². The molecule has 11 heteroatoms. The summed E-state index contributed by atoms with van der Waals surface area (Å²) < 4.78 is 25.3. The van der Waals surface area contributed by atoms with E-state index >= 15 is 0 Å². The van der Waals surface area contributed by atoms with E-state index in [1.807, 2.05) is 0 Å². The second-order valence-electron chi connectivity index (χ2n) is 4.94. The first-order chi connectivity index (χ1) is 9.82. The van der Waals surface area contributed by atoms with E-state index in [1.165, 1.54) is 4.31 Å². The van der Waals surface area contributed by atoms with Crippen LogP contribution in [0.3, 0.4) is 0 Å². The van der Waals surface area contributed by atoms with E-state index in [4.69, 9.17) is 5.14 Å². The van der Waals surface area contributed by atoms with E-state index in [1.54, 1.807) is 36.1 Å². The van der Waals surface area contributed by atoms with Gasteiger partial charge in [-0.25, -0.2) is 5.14 Å². The number of aromatic nitrogens is 2. The van der Waals surface area contributed by atoms with Crippen LogP contribution in [0.15, 0.2) is 12.4 Å². The highest BCUT2D eigenvalue weighted by Gasteiger charge is 2.30. The van der Waals surface area contributed by atoms with Crippen molar-refractivity contribution in [2.45, 2.75) is 6.04 Å². The maximum atomic E-state index is 12.5. The molecule has 1 aromatic rings. The lowest BCUT2D eigenvalue weighted by Crippen LogP contribution is -2.54. The average molecular weight is 353 g/mol. The molecule has 0 bridgehead atoms. The summed E-state index contributed by atoms with van der Waals surface area (Å²) in [6.45, 7) is 1.09. The molecule has 0 spiro atoms. The molecular weight excluding hydrogens is 332 g/mol. The largest absolute Gasteiger partial charge is 0.338 e. The first-order valence-corrected chi connectivity index (χ1v) is 8.05. The Labute approximate surface area is 136 Å². The fourth-order valence-electron chi connectivity index (χ4n) is 2.37. The first kappa shape index (κ1) is 18.8. The van der Waals surface area contributed by atoms with E-state index in [0.717, 1.165) is 5.56 Å². The number of nitrogens with zero attached hydrogens (tertiary/aromatic N) is 4. The molecule has 0 radical (unpaired) electrons. The van der Waals surface area contributed by atoms with E-state index < -0.39 is 16.3 Å². The highest BCUT2D eigenvalue weighted by atomic mass is 35.5. The summed E-state index contributed by atoms with van der Waals surface area (Å²) >= 11 is 0. The molecule has 22 heavy (non-hydrogen) atoms. The van der Waals surface area contributed by atoms with Gasteiger partial charge in [-0.1, -0.05) is 0 Å². The molecule has 1 amide bonds. The van der Waals surface area contributed by atoms with Crippen LogP contribution < -0.4 is 10.5 Å². The Morgan fingerprint density at radius 3 is 2.36 bits per heavy atom.